The molecule has 0 aliphatic rings. The van der Waals surface area contributed by atoms with E-state index in [1.807, 2.05) is 0 Å². The molecule has 0 atom stereocenters. The predicted molar refractivity (Wildman–Crippen MR) is 78.4 cm³/mol. The van der Waals surface area contributed by atoms with Crippen LogP contribution >= 0.6 is 50.6 Å². The Labute approximate surface area is 123 Å². The lowest BCUT2D eigenvalue weighted by atomic mass is 10.7. The zero-order valence-corrected chi connectivity index (χ0v) is 13.4. The summed E-state index contributed by atoms with van der Waals surface area (Å²) in [6.07, 6.45) is 5.08. The maximum Gasteiger partial charge on any atom is 0.250 e. The first-order chi connectivity index (χ1) is 7.97. The van der Waals surface area contributed by atoms with Gasteiger partial charge < -0.3 is 0 Å². The average Bonchev–Trinajstić information content (AvgIpc) is 2.60. The molecule has 0 saturated carbocycles. The van der Waals surface area contributed by atoms with E-state index in [9.17, 15) is 8.42 Å². The van der Waals surface area contributed by atoms with Crippen molar-refractivity contribution in [1.82, 2.24) is 4.72 Å². The van der Waals surface area contributed by atoms with Gasteiger partial charge in [0.15, 0.2) is 0 Å². The number of hydrogen-bond donors (Lipinski definition) is 1. The van der Waals surface area contributed by atoms with E-state index in [-0.39, 0.29) is 4.21 Å². The highest BCUT2D eigenvalue weighted by Gasteiger charge is 2.18. The first-order valence-electron chi connectivity index (χ1n) is 4.43. The van der Waals surface area contributed by atoms with Crippen LogP contribution in [-0.2, 0) is 10.0 Å². The normalized spacial score (nSPS) is 11.4. The topological polar surface area (TPSA) is 46.2 Å². The Balaban J connectivity index is 2.55. The van der Waals surface area contributed by atoms with Crippen LogP contribution in [-0.4, -0.2) is 26.5 Å². The van der Waals surface area contributed by atoms with Gasteiger partial charge in [-0.2, -0.15) is 0 Å². The Morgan fingerprint density at radius 1 is 1.65 bits per heavy atom. The lowest BCUT2D eigenvalue weighted by molar-refractivity contribution is 0.586. The summed E-state index contributed by atoms with van der Waals surface area (Å²) in [6.45, 7) is 0.349. The van der Waals surface area contributed by atoms with Gasteiger partial charge in [0.2, 0.25) is 10.0 Å². The molecule has 8 heteroatoms. The number of terminal acetylenes is 1. The molecular formula is C9H9BrClNO2S3. The van der Waals surface area contributed by atoms with Crippen molar-refractivity contribution in [3.8, 4) is 12.3 Å². The van der Waals surface area contributed by atoms with E-state index < -0.39 is 10.0 Å². The first kappa shape index (κ1) is 15.3. The van der Waals surface area contributed by atoms with Crippen LogP contribution in [0.15, 0.2) is 14.1 Å². The predicted octanol–water partition coefficient (Wildman–Crippen LogP) is 2.81. The summed E-state index contributed by atoms with van der Waals surface area (Å²) < 4.78 is 26.9. The second-order valence-electron chi connectivity index (χ2n) is 2.84. The average molecular weight is 375 g/mol. The Hall–Kier alpha value is 0.290. The van der Waals surface area contributed by atoms with Gasteiger partial charge in [-0.1, -0.05) is 17.5 Å². The van der Waals surface area contributed by atoms with Crippen LogP contribution in [0, 0.1) is 12.3 Å². The van der Waals surface area contributed by atoms with Crippen molar-refractivity contribution in [3.63, 3.8) is 0 Å². The van der Waals surface area contributed by atoms with E-state index >= 15 is 0 Å². The van der Waals surface area contributed by atoms with Gasteiger partial charge in [-0.3, -0.25) is 0 Å². The molecule has 17 heavy (non-hydrogen) atoms. The number of thiophene rings is 1. The zero-order chi connectivity index (χ0) is 12.9. The molecule has 1 rings (SSSR count). The summed E-state index contributed by atoms with van der Waals surface area (Å²) in [5.74, 6) is 3.70. The van der Waals surface area contributed by atoms with Gasteiger partial charge in [0.25, 0.3) is 0 Å². The zero-order valence-electron chi connectivity index (χ0n) is 8.57. The van der Waals surface area contributed by atoms with Crippen molar-refractivity contribution in [2.45, 2.75) is 4.21 Å². The summed E-state index contributed by atoms with van der Waals surface area (Å²) >= 11 is 11.5. The summed E-state index contributed by atoms with van der Waals surface area (Å²) in [6, 6.07) is 1.42. The van der Waals surface area contributed by atoms with E-state index in [1.165, 1.54) is 17.8 Å². The smallest absolute Gasteiger partial charge is 0.210 e. The third kappa shape index (κ3) is 4.81. The number of nitrogens with one attached hydrogen (secondary N) is 1. The van der Waals surface area contributed by atoms with Gasteiger partial charge in [0, 0.05) is 12.3 Å². The molecule has 0 aliphatic carbocycles. The highest BCUT2D eigenvalue weighted by atomic mass is 79.9. The third-order valence-corrected chi connectivity index (χ3v) is 6.88. The Kier molecular flexibility index (Phi) is 6.34. The van der Waals surface area contributed by atoms with Crippen LogP contribution in [0.1, 0.15) is 0 Å². The standard InChI is InChI=1S/C9H9BrClNO2S3/c1-2-4-15-5-3-12-17(13,14)8-6-7(11)9(10)16-8/h1,6,12H,3-5H2. The SMILES string of the molecule is C#CCSCCNS(=O)(=O)c1cc(Cl)c(Br)s1. The fourth-order valence-corrected chi connectivity index (χ4v) is 5.02. The molecule has 0 aliphatic heterocycles. The number of halogens is 2. The lowest BCUT2D eigenvalue weighted by Gasteiger charge is -2.03. The summed E-state index contributed by atoms with van der Waals surface area (Å²) in [4.78, 5) is 0. The highest BCUT2D eigenvalue weighted by molar-refractivity contribution is 9.11. The van der Waals surface area contributed by atoms with E-state index in [0.29, 0.717) is 26.9 Å². The monoisotopic (exact) mass is 373 g/mol. The minimum Gasteiger partial charge on any atom is -0.210 e. The van der Waals surface area contributed by atoms with E-state index in [4.69, 9.17) is 18.0 Å². The van der Waals surface area contributed by atoms with Crippen LogP contribution in [0.25, 0.3) is 0 Å². The van der Waals surface area contributed by atoms with E-state index in [1.54, 1.807) is 0 Å². The van der Waals surface area contributed by atoms with Crippen LogP contribution in [0.2, 0.25) is 5.02 Å². The molecule has 0 amide bonds. The molecule has 94 valence electrons. The molecule has 1 aromatic rings. The Morgan fingerprint density at radius 3 is 2.88 bits per heavy atom. The molecule has 0 bridgehead atoms. The molecule has 0 radical (unpaired) electrons. The summed E-state index contributed by atoms with van der Waals surface area (Å²) in [5.41, 5.74) is 0. The molecule has 0 aromatic carbocycles. The minimum atomic E-state index is -3.46. The van der Waals surface area contributed by atoms with Crippen molar-refractivity contribution >= 4 is 60.7 Å². The molecule has 3 nitrogen and oxygen atoms in total. The third-order valence-electron chi connectivity index (χ3n) is 1.61. The molecule has 0 saturated heterocycles. The number of hydrogen-bond acceptors (Lipinski definition) is 4. The second kappa shape index (κ2) is 7.02. The molecule has 0 spiro atoms. The maximum atomic E-state index is 11.8. The van der Waals surface area contributed by atoms with Gasteiger partial charge in [0.1, 0.15) is 4.21 Å². The van der Waals surface area contributed by atoms with Crippen molar-refractivity contribution in [2.24, 2.45) is 0 Å². The van der Waals surface area contributed by atoms with Crippen LogP contribution in [0.5, 0.6) is 0 Å². The van der Waals surface area contributed by atoms with E-state index in [0.717, 1.165) is 11.3 Å². The van der Waals surface area contributed by atoms with Gasteiger partial charge in [-0.05, 0) is 22.0 Å². The number of rotatable bonds is 6. The Morgan fingerprint density at radius 2 is 2.35 bits per heavy atom. The summed E-state index contributed by atoms with van der Waals surface area (Å²) in [5, 5.41) is 0.400. The van der Waals surface area contributed by atoms with Gasteiger partial charge >= 0.3 is 0 Å². The first-order valence-corrected chi connectivity index (χ1v) is 9.05. The van der Waals surface area contributed by atoms with Gasteiger partial charge in [0.05, 0.1) is 14.6 Å². The minimum absolute atomic E-state index is 0.205. The fourth-order valence-electron chi connectivity index (χ4n) is 0.910. The van der Waals surface area contributed by atoms with Crippen molar-refractivity contribution < 1.29 is 8.42 Å². The molecule has 1 heterocycles. The second-order valence-corrected chi connectivity index (χ2v) is 8.72. The quantitative estimate of drug-likeness (QED) is 0.615. The van der Waals surface area contributed by atoms with Crippen molar-refractivity contribution in [3.05, 3.63) is 14.9 Å². The van der Waals surface area contributed by atoms with Crippen molar-refractivity contribution in [2.75, 3.05) is 18.1 Å². The van der Waals surface area contributed by atoms with Crippen molar-refractivity contribution in [1.29, 1.82) is 0 Å². The lowest BCUT2D eigenvalue weighted by Crippen LogP contribution is -2.25. The van der Waals surface area contributed by atoms with Gasteiger partial charge in [-0.15, -0.1) is 29.5 Å². The largest absolute Gasteiger partial charge is 0.250 e. The van der Waals surface area contributed by atoms with Gasteiger partial charge in [-0.25, -0.2) is 13.1 Å². The molecule has 1 N–H and O–H groups in total. The maximum absolute atomic E-state index is 11.8. The number of thioether (sulfide) groups is 1. The molecular weight excluding hydrogens is 366 g/mol. The van der Waals surface area contributed by atoms with E-state index in [2.05, 4.69) is 26.6 Å². The van der Waals surface area contributed by atoms with Crippen LogP contribution in [0.4, 0.5) is 0 Å². The number of sulfonamides is 1. The van der Waals surface area contributed by atoms with Crippen LogP contribution in [0.3, 0.4) is 0 Å². The van der Waals surface area contributed by atoms with Crippen LogP contribution < -0.4 is 4.72 Å². The highest BCUT2D eigenvalue weighted by Crippen LogP contribution is 2.34. The molecule has 0 fully saturated rings. The molecule has 0 unspecified atom stereocenters. The molecule has 1 aromatic heterocycles. The summed E-state index contributed by atoms with van der Waals surface area (Å²) in [7, 11) is -3.46. The fraction of sp³-hybridized carbons (Fsp3) is 0.333. The Bertz CT molecular complexity index is 501.